The molecule has 3 nitrogen and oxygen atoms in total. The minimum Gasteiger partial charge on any atom is -0.507 e. The van der Waals surface area contributed by atoms with Gasteiger partial charge in [0.05, 0.1) is 0 Å². The Balaban J connectivity index is 1.95. The summed E-state index contributed by atoms with van der Waals surface area (Å²) >= 11 is 0. The molecule has 0 saturated heterocycles. The Morgan fingerprint density at radius 1 is 0.682 bits per heavy atom. The number of nitrogens with zero attached hydrogens (tertiary/aromatic N) is 1. The zero-order valence-corrected chi connectivity index (χ0v) is 11.7. The highest BCUT2D eigenvalue weighted by molar-refractivity contribution is 5.85. The minimum atomic E-state index is 0.242. The first-order valence-electron chi connectivity index (χ1n) is 7.06. The van der Waals surface area contributed by atoms with Crippen molar-refractivity contribution in [3.8, 4) is 28.3 Å². The van der Waals surface area contributed by atoms with Gasteiger partial charge in [-0.2, -0.15) is 0 Å². The molecule has 4 aromatic rings. The standard InChI is InChI=1S/C19H13NO2/c21-17-11-5-3-8-14(17)13-7-1-2-9-15(13)19-20-16-10-4-6-12-18(16)22-19/h1-12,21H. The van der Waals surface area contributed by atoms with Crippen molar-refractivity contribution >= 4 is 11.1 Å². The molecule has 0 saturated carbocycles. The molecule has 0 radical (unpaired) electrons. The molecule has 0 atom stereocenters. The predicted octanol–water partition coefficient (Wildman–Crippen LogP) is 4.87. The highest BCUT2D eigenvalue weighted by atomic mass is 16.3. The van der Waals surface area contributed by atoms with E-state index in [4.69, 9.17) is 4.42 Å². The second-order valence-electron chi connectivity index (χ2n) is 5.05. The number of rotatable bonds is 2. The molecule has 3 aromatic carbocycles. The smallest absolute Gasteiger partial charge is 0.227 e. The second-order valence-corrected chi connectivity index (χ2v) is 5.05. The molecule has 0 fully saturated rings. The number of hydrogen-bond donors (Lipinski definition) is 1. The van der Waals surface area contributed by atoms with Gasteiger partial charge >= 0.3 is 0 Å². The average molecular weight is 287 g/mol. The molecular formula is C19H13NO2. The lowest BCUT2D eigenvalue weighted by atomic mass is 9.99. The molecule has 1 N–H and O–H groups in total. The average Bonchev–Trinajstić information content (AvgIpc) is 2.99. The van der Waals surface area contributed by atoms with Gasteiger partial charge in [-0.3, -0.25) is 0 Å². The van der Waals surface area contributed by atoms with Gasteiger partial charge in [0.15, 0.2) is 5.58 Å². The molecule has 0 amide bonds. The molecule has 0 aliphatic rings. The SMILES string of the molecule is Oc1ccccc1-c1ccccc1-c1nc2ccccc2o1. The Morgan fingerprint density at radius 3 is 2.09 bits per heavy atom. The van der Waals surface area contributed by atoms with Crippen LogP contribution in [0.4, 0.5) is 0 Å². The molecule has 1 heterocycles. The van der Waals surface area contributed by atoms with Crippen LogP contribution in [0.2, 0.25) is 0 Å². The fourth-order valence-electron chi connectivity index (χ4n) is 2.59. The molecule has 0 aliphatic heterocycles. The first-order valence-corrected chi connectivity index (χ1v) is 7.06. The van der Waals surface area contributed by atoms with Crippen molar-refractivity contribution in [3.05, 3.63) is 72.8 Å². The van der Waals surface area contributed by atoms with E-state index in [1.54, 1.807) is 12.1 Å². The highest BCUT2D eigenvalue weighted by Crippen LogP contribution is 2.37. The van der Waals surface area contributed by atoms with Gasteiger partial charge in [-0.05, 0) is 29.8 Å². The van der Waals surface area contributed by atoms with Crippen LogP contribution in [0, 0.1) is 0 Å². The Labute approximate surface area is 127 Å². The van der Waals surface area contributed by atoms with E-state index in [1.165, 1.54) is 0 Å². The van der Waals surface area contributed by atoms with Crippen LogP contribution >= 0.6 is 0 Å². The number of phenols is 1. The van der Waals surface area contributed by atoms with Crippen molar-refractivity contribution in [2.75, 3.05) is 0 Å². The van der Waals surface area contributed by atoms with Gasteiger partial charge in [0, 0.05) is 11.1 Å². The summed E-state index contributed by atoms with van der Waals surface area (Å²) in [7, 11) is 0. The quantitative estimate of drug-likeness (QED) is 0.572. The lowest BCUT2D eigenvalue weighted by molar-refractivity contribution is 0.477. The fraction of sp³-hybridized carbons (Fsp3) is 0. The monoisotopic (exact) mass is 287 g/mol. The van der Waals surface area contributed by atoms with Crippen molar-refractivity contribution in [3.63, 3.8) is 0 Å². The van der Waals surface area contributed by atoms with Gasteiger partial charge in [0.2, 0.25) is 5.89 Å². The summed E-state index contributed by atoms with van der Waals surface area (Å²) in [5.41, 5.74) is 4.10. The van der Waals surface area contributed by atoms with E-state index in [0.717, 1.165) is 27.8 Å². The summed E-state index contributed by atoms with van der Waals surface area (Å²) in [5.74, 6) is 0.797. The first kappa shape index (κ1) is 12.7. The third kappa shape index (κ3) is 2.04. The van der Waals surface area contributed by atoms with Crippen LogP contribution in [0.5, 0.6) is 5.75 Å². The van der Waals surface area contributed by atoms with Gasteiger partial charge in [-0.1, -0.05) is 48.5 Å². The van der Waals surface area contributed by atoms with Crippen molar-refractivity contribution in [1.29, 1.82) is 0 Å². The summed E-state index contributed by atoms with van der Waals surface area (Å²) in [5, 5.41) is 10.1. The van der Waals surface area contributed by atoms with E-state index >= 15 is 0 Å². The Morgan fingerprint density at radius 2 is 1.32 bits per heavy atom. The van der Waals surface area contributed by atoms with E-state index in [0.29, 0.717) is 5.89 Å². The normalized spacial score (nSPS) is 10.9. The molecule has 22 heavy (non-hydrogen) atoms. The maximum Gasteiger partial charge on any atom is 0.227 e. The number of fused-ring (bicyclic) bond motifs is 1. The van der Waals surface area contributed by atoms with Gasteiger partial charge in [-0.15, -0.1) is 0 Å². The molecular weight excluding hydrogens is 274 g/mol. The summed E-state index contributed by atoms with van der Waals surface area (Å²) in [6.45, 7) is 0. The largest absolute Gasteiger partial charge is 0.507 e. The minimum absolute atomic E-state index is 0.242. The fourth-order valence-corrected chi connectivity index (χ4v) is 2.59. The number of aromatic nitrogens is 1. The van der Waals surface area contributed by atoms with Crippen molar-refractivity contribution in [2.24, 2.45) is 0 Å². The molecule has 4 rings (SSSR count). The summed E-state index contributed by atoms with van der Waals surface area (Å²) in [6, 6.07) is 22.7. The second kappa shape index (κ2) is 5.04. The molecule has 0 unspecified atom stereocenters. The number of para-hydroxylation sites is 3. The van der Waals surface area contributed by atoms with Crippen LogP contribution in [0.25, 0.3) is 33.7 Å². The van der Waals surface area contributed by atoms with Gasteiger partial charge in [0.1, 0.15) is 11.3 Å². The Bertz CT molecular complexity index is 923. The van der Waals surface area contributed by atoms with Crippen LogP contribution in [0.3, 0.4) is 0 Å². The van der Waals surface area contributed by atoms with Crippen LogP contribution < -0.4 is 0 Å². The van der Waals surface area contributed by atoms with Crippen molar-refractivity contribution in [2.45, 2.75) is 0 Å². The van der Waals surface area contributed by atoms with Gasteiger partial charge in [-0.25, -0.2) is 4.98 Å². The lowest BCUT2D eigenvalue weighted by Gasteiger charge is -2.08. The summed E-state index contributed by atoms with van der Waals surface area (Å²) in [4.78, 5) is 4.55. The highest BCUT2D eigenvalue weighted by Gasteiger charge is 2.14. The van der Waals surface area contributed by atoms with Gasteiger partial charge < -0.3 is 9.52 Å². The zero-order valence-electron chi connectivity index (χ0n) is 11.7. The lowest BCUT2D eigenvalue weighted by Crippen LogP contribution is -1.85. The summed E-state index contributed by atoms with van der Waals surface area (Å²) in [6.07, 6.45) is 0. The number of aromatic hydroxyl groups is 1. The summed E-state index contributed by atoms with van der Waals surface area (Å²) < 4.78 is 5.86. The number of hydrogen-bond acceptors (Lipinski definition) is 3. The third-order valence-electron chi connectivity index (χ3n) is 3.65. The van der Waals surface area contributed by atoms with Crippen LogP contribution in [0.1, 0.15) is 0 Å². The Hall–Kier alpha value is -3.07. The van der Waals surface area contributed by atoms with E-state index in [-0.39, 0.29) is 5.75 Å². The molecule has 0 aliphatic carbocycles. The zero-order chi connectivity index (χ0) is 14.9. The van der Waals surface area contributed by atoms with Crippen molar-refractivity contribution in [1.82, 2.24) is 4.98 Å². The van der Waals surface area contributed by atoms with E-state index in [1.807, 2.05) is 60.7 Å². The van der Waals surface area contributed by atoms with Crippen molar-refractivity contribution < 1.29 is 9.52 Å². The van der Waals surface area contributed by atoms with E-state index in [9.17, 15) is 5.11 Å². The predicted molar refractivity (Wildman–Crippen MR) is 86.5 cm³/mol. The third-order valence-corrected chi connectivity index (χ3v) is 3.65. The number of benzene rings is 3. The first-order chi connectivity index (χ1) is 10.8. The number of phenolic OH excluding ortho intramolecular Hbond substituents is 1. The van der Waals surface area contributed by atoms with E-state index < -0.39 is 0 Å². The van der Waals surface area contributed by atoms with Crippen LogP contribution in [0.15, 0.2) is 77.2 Å². The topological polar surface area (TPSA) is 46.3 Å². The number of oxazole rings is 1. The van der Waals surface area contributed by atoms with E-state index in [2.05, 4.69) is 4.98 Å². The van der Waals surface area contributed by atoms with Gasteiger partial charge in [0.25, 0.3) is 0 Å². The van der Waals surface area contributed by atoms with Crippen LogP contribution in [-0.4, -0.2) is 10.1 Å². The molecule has 0 bridgehead atoms. The molecule has 1 aromatic heterocycles. The molecule has 3 heteroatoms. The maximum atomic E-state index is 10.1. The maximum absolute atomic E-state index is 10.1. The molecule has 106 valence electrons. The molecule has 0 spiro atoms. The van der Waals surface area contributed by atoms with Crippen LogP contribution in [-0.2, 0) is 0 Å². The Kier molecular flexibility index (Phi) is 2.90.